The molecule has 0 fully saturated rings. The van der Waals surface area contributed by atoms with Gasteiger partial charge < -0.3 is 9.67 Å². The first kappa shape index (κ1) is 16.2. The first-order valence-corrected chi connectivity index (χ1v) is 7.50. The first-order valence-electron chi connectivity index (χ1n) is 7.50. The van der Waals surface area contributed by atoms with Gasteiger partial charge in [0.25, 0.3) is 0 Å². The lowest BCUT2D eigenvalue weighted by Gasteiger charge is -2.24. The summed E-state index contributed by atoms with van der Waals surface area (Å²) in [5.41, 5.74) is 0.333. The predicted octanol–water partition coefficient (Wildman–Crippen LogP) is 3.66. The van der Waals surface area contributed by atoms with Crippen molar-refractivity contribution in [2.45, 2.75) is 73.0 Å². The van der Waals surface area contributed by atoms with Crippen LogP contribution in [0, 0.1) is 11.3 Å². The van der Waals surface area contributed by atoms with Gasteiger partial charge >= 0.3 is 0 Å². The van der Waals surface area contributed by atoms with E-state index in [9.17, 15) is 5.11 Å². The van der Waals surface area contributed by atoms with Crippen molar-refractivity contribution < 1.29 is 5.11 Å². The lowest BCUT2D eigenvalue weighted by atomic mass is 9.83. The third-order valence-corrected chi connectivity index (χ3v) is 3.32. The van der Waals surface area contributed by atoms with E-state index in [4.69, 9.17) is 0 Å². The Hall–Kier alpha value is -0.830. The number of nitrogens with zero attached hydrogens (tertiary/aromatic N) is 2. The third kappa shape index (κ3) is 6.24. The van der Waals surface area contributed by atoms with Crippen LogP contribution in [0.2, 0.25) is 0 Å². The van der Waals surface area contributed by atoms with Gasteiger partial charge in [-0.15, -0.1) is 0 Å². The first-order chi connectivity index (χ1) is 8.81. The summed E-state index contributed by atoms with van der Waals surface area (Å²) in [5.74, 6) is 1.56. The number of rotatable bonds is 7. The second-order valence-corrected chi connectivity index (χ2v) is 7.00. The number of aryl methyl sites for hydroxylation is 1. The van der Waals surface area contributed by atoms with Crippen molar-refractivity contribution in [1.29, 1.82) is 0 Å². The Balaban J connectivity index is 2.46. The van der Waals surface area contributed by atoms with Crippen molar-refractivity contribution in [1.82, 2.24) is 9.55 Å². The maximum Gasteiger partial charge on any atom is 0.111 e. The zero-order chi connectivity index (χ0) is 14.5. The Kier molecular flexibility index (Phi) is 6.05. The van der Waals surface area contributed by atoms with Gasteiger partial charge in [-0.2, -0.15) is 0 Å². The van der Waals surface area contributed by atoms with Crippen LogP contribution >= 0.6 is 0 Å². The summed E-state index contributed by atoms with van der Waals surface area (Å²) in [7, 11) is 0. The van der Waals surface area contributed by atoms with Gasteiger partial charge in [0.2, 0.25) is 0 Å². The van der Waals surface area contributed by atoms with Crippen LogP contribution in [0.25, 0.3) is 0 Å². The quantitative estimate of drug-likeness (QED) is 0.818. The molecule has 1 aromatic rings. The van der Waals surface area contributed by atoms with Crippen molar-refractivity contribution in [2.24, 2.45) is 11.3 Å². The molecule has 1 N–H and O–H groups in total. The number of aliphatic hydroxyl groups is 1. The highest BCUT2D eigenvalue weighted by molar-refractivity contribution is 4.94. The minimum Gasteiger partial charge on any atom is -0.393 e. The normalized spacial score (nSPS) is 15.5. The van der Waals surface area contributed by atoms with Crippen LogP contribution in [0.1, 0.15) is 59.7 Å². The minimum atomic E-state index is -0.282. The molecule has 0 bridgehead atoms. The number of aliphatic hydroxyl groups excluding tert-OH is 1. The number of hydrogen-bond acceptors (Lipinski definition) is 2. The molecule has 0 aliphatic rings. The number of aromatic nitrogens is 2. The Morgan fingerprint density at radius 3 is 2.63 bits per heavy atom. The van der Waals surface area contributed by atoms with Gasteiger partial charge in [0.1, 0.15) is 5.82 Å². The van der Waals surface area contributed by atoms with Gasteiger partial charge in [-0.25, -0.2) is 4.98 Å². The molecule has 3 heteroatoms. The van der Waals surface area contributed by atoms with Crippen LogP contribution in [0.15, 0.2) is 12.4 Å². The second kappa shape index (κ2) is 7.09. The summed E-state index contributed by atoms with van der Waals surface area (Å²) >= 11 is 0. The van der Waals surface area contributed by atoms with Crippen molar-refractivity contribution in [3.63, 3.8) is 0 Å². The Bertz CT molecular complexity index is 365. The van der Waals surface area contributed by atoms with E-state index in [1.165, 1.54) is 0 Å². The highest BCUT2D eigenvalue weighted by Gasteiger charge is 2.19. The summed E-state index contributed by atoms with van der Waals surface area (Å²) < 4.78 is 2.15. The van der Waals surface area contributed by atoms with Crippen LogP contribution in [-0.2, 0) is 13.0 Å². The SMILES string of the molecule is CCCn1ccnc1CC(O)CC(C)CC(C)(C)C. The summed E-state index contributed by atoms with van der Waals surface area (Å²) in [6.07, 6.45) is 7.32. The van der Waals surface area contributed by atoms with Gasteiger partial charge in [0, 0.05) is 25.4 Å². The molecule has 0 saturated heterocycles. The Labute approximate surface area is 118 Å². The molecule has 0 aromatic carbocycles. The van der Waals surface area contributed by atoms with Crippen LogP contribution < -0.4 is 0 Å². The van der Waals surface area contributed by atoms with E-state index in [0.717, 1.165) is 31.6 Å². The van der Waals surface area contributed by atoms with Gasteiger partial charge in [0.05, 0.1) is 6.10 Å². The van der Waals surface area contributed by atoms with Gasteiger partial charge in [-0.05, 0) is 30.6 Å². The molecule has 0 spiro atoms. The fourth-order valence-corrected chi connectivity index (χ4v) is 2.86. The van der Waals surface area contributed by atoms with E-state index in [-0.39, 0.29) is 6.10 Å². The fourth-order valence-electron chi connectivity index (χ4n) is 2.86. The number of imidazole rings is 1. The summed E-state index contributed by atoms with van der Waals surface area (Å²) in [5, 5.41) is 10.2. The van der Waals surface area contributed by atoms with Crippen LogP contribution in [-0.4, -0.2) is 20.8 Å². The lowest BCUT2D eigenvalue weighted by Crippen LogP contribution is -2.20. The smallest absolute Gasteiger partial charge is 0.111 e. The molecular weight excluding hydrogens is 236 g/mol. The third-order valence-electron chi connectivity index (χ3n) is 3.32. The molecule has 19 heavy (non-hydrogen) atoms. The highest BCUT2D eigenvalue weighted by atomic mass is 16.3. The molecule has 110 valence electrons. The van der Waals surface area contributed by atoms with Gasteiger partial charge in [0.15, 0.2) is 0 Å². The zero-order valence-electron chi connectivity index (χ0n) is 13.2. The number of hydrogen-bond donors (Lipinski definition) is 1. The van der Waals surface area contributed by atoms with E-state index in [0.29, 0.717) is 17.8 Å². The minimum absolute atomic E-state index is 0.282. The van der Waals surface area contributed by atoms with E-state index >= 15 is 0 Å². The molecule has 0 aliphatic heterocycles. The second-order valence-electron chi connectivity index (χ2n) is 7.00. The molecule has 0 radical (unpaired) electrons. The highest BCUT2D eigenvalue weighted by Crippen LogP contribution is 2.27. The Morgan fingerprint density at radius 1 is 1.37 bits per heavy atom. The van der Waals surface area contributed by atoms with E-state index in [1.54, 1.807) is 0 Å². The average molecular weight is 266 g/mol. The summed E-state index contributed by atoms with van der Waals surface area (Å²) in [4.78, 5) is 4.36. The molecule has 0 amide bonds. The molecule has 2 unspecified atom stereocenters. The monoisotopic (exact) mass is 266 g/mol. The van der Waals surface area contributed by atoms with Gasteiger partial charge in [-0.3, -0.25) is 0 Å². The standard InChI is InChI=1S/C16H30N2O/c1-6-8-18-9-7-17-15(18)11-14(19)10-13(2)12-16(3,4)5/h7,9,13-14,19H,6,8,10-12H2,1-5H3. The van der Waals surface area contributed by atoms with Crippen molar-refractivity contribution in [3.05, 3.63) is 18.2 Å². The predicted molar refractivity (Wildman–Crippen MR) is 80.1 cm³/mol. The largest absolute Gasteiger partial charge is 0.393 e. The maximum absolute atomic E-state index is 10.2. The topological polar surface area (TPSA) is 38.0 Å². The van der Waals surface area contributed by atoms with E-state index in [2.05, 4.69) is 44.2 Å². The van der Waals surface area contributed by atoms with Crippen molar-refractivity contribution >= 4 is 0 Å². The summed E-state index contributed by atoms with van der Waals surface area (Å²) in [6.45, 7) is 12.1. The Morgan fingerprint density at radius 2 is 2.05 bits per heavy atom. The lowest BCUT2D eigenvalue weighted by molar-refractivity contribution is 0.130. The molecule has 1 aromatic heterocycles. The molecule has 0 saturated carbocycles. The maximum atomic E-state index is 10.2. The molecule has 0 aliphatic carbocycles. The van der Waals surface area contributed by atoms with Crippen molar-refractivity contribution in [3.8, 4) is 0 Å². The fraction of sp³-hybridized carbons (Fsp3) is 0.812. The molecule has 2 atom stereocenters. The average Bonchev–Trinajstić information content (AvgIpc) is 2.62. The van der Waals surface area contributed by atoms with Crippen molar-refractivity contribution in [2.75, 3.05) is 0 Å². The molecule has 1 rings (SSSR count). The van der Waals surface area contributed by atoms with Crippen LogP contribution in [0.4, 0.5) is 0 Å². The van der Waals surface area contributed by atoms with Gasteiger partial charge in [-0.1, -0.05) is 34.6 Å². The van der Waals surface area contributed by atoms with Crippen LogP contribution in [0.5, 0.6) is 0 Å². The molecule has 3 nitrogen and oxygen atoms in total. The van der Waals surface area contributed by atoms with E-state index < -0.39 is 0 Å². The van der Waals surface area contributed by atoms with E-state index in [1.807, 2.05) is 12.4 Å². The summed E-state index contributed by atoms with van der Waals surface area (Å²) in [6, 6.07) is 0. The molecular formula is C16H30N2O. The zero-order valence-corrected chi connectivity index (χ0v) is 13.2. The molecule has 1 heterocycles. The van der Waals surface area contributed by atoms with Crippen LogP contribution in [0.3, 0.4) is 0 Å².